The third-order valence-corrected chi connectivity index (χ3v) is 1.22. The minimum Gasteiger partial charge on any atom is -0.394 e. The van der Waals surface area contributed by atoms with Gasteiger partial charge in [0.25, 0.3) is 0 Å². The van der Waals surface area contributed by atoms with Crippen LogP contribution in [0.4, 0.5) is 0 Å². The Hall–Kier alpha value is -0.120. The number of aliphatic hydroxyl groups is 2. The first-order valence-electron chi connectivity index (χ1n) is 3.59. The van der Waals surface area contributed by atoms with Crippen LogP contribution < -0.4 is 0 Å². The monoisotopic (exact) mass is 148 g/mol. The molecule has 0 heterocycles. The summed E-state index contributed by atoms with van der Waals surface area (Å²) in [5.41, 5.74) is 0. The average Bonchev–Trinajstić information content (AvgIpc) is 1.84. The zero-order chi connectivity index (χ0) is 8.04. The highest BCUT2D eigenvalue weighted by molar-refractivity contribution is 4.57. The van der Waals surface area contributed by atoms with Gasteiger partial charge in [0.2, 0.25) is 0 Å². The predicted molar refractivity (Wildman–Crippen MR) is 38.6 cm³/mol. The summed E-state index contributed by atoms with van der Waals surface area (Å²) in [6, 6.07) is 0. The largest absolute Gasteiger partial charge is 0.394 e. The minimum absolute atomic E-state index is 0.0418. The van der Waals surface area contributed by atoms with E-state index < -0.39 is 5.79 Å². The highest BCUT2D eigenvalue weighted by Crippen LogP contribution is 2.12. The predicted octanol–water partition coefficient (Wildman–Crippen LogP) is 0.504. The summed E-state index contributed by atoms with van der Waals surface area (Å²) in [6.45, 7) is 3.73. The molecule has 0 aromatic rings. The second-order valence-corrected chi connectivity index (χ2v) is 2.50. The molecule has 0 bridgehead atoms. The van der Waals surface area contributed by atoms with Crippen molar-refractivity contribution in [3.8, 4) is 0 Å². The summed E-state index contributed by atoms with van der Waals surface area (Å²) in [4.78, 5) is 0. The van der Waals surface area contributed by atoms with Crippen LogP contribution in [0.5, 0.6) is 0 Å². The minimum atomic E-state index is -1.06. The van der Waals surface area contributed by atoms with Crippen molar-refractivity contribution in [3.63, 3.8) is 0 Å². The maximum absolute atomic E-state index is 9.31. The Kier molecular flexibility index (Phi) is 4.60. The van der Waals surface area contributed by atoms with Crippen molar-refractivity contribution in [2.75, 3.05) is 13.2 Å². The number of hydrogen-bond acceptors (Lipinski definition) is 3. The zero-order valence-electron chi connectivity index (χ0n) is 6.63. The molecule has 0 rings (SSSR count). The van der Waals surface area contributed by atoms with Crippen molar-refractivity contribution in [2.45, 2.75) is 32.5 Å². The number of hydrogen-bond donors (Lipinski definition) is 2. The zero-order valence-corrected chi connectivity index (χ0v) is 6.63. The second kappa shape index (κ2) is 4.66. The van der Waals surface area contributed by atoms with Gasteiger partial charge in [0.15, 0.2) is 5.79 Å². The lowest BCUT2D eigenvalue weighted by Gasteiger charge is -2.22. The standard InChI is InChI=1S/C7H16O3/c1-3-4-7(2,9)10-6-5-8/h8-9H,3-6H2,1-2H3. The first-order chi connectivity index (χ1) is 4.62. The van der Waals surface area contributed by atoms with Crippen LogP contribution in [0.1, 0.15) is 26.7 Å². The Labute approximate surface area is 61.6 Å². The molecule has 0 fully saturated rings. The van der Waals surface area contributed by atoms with Gasteiger partial charge in [0.05, 0.1) is 13.2 Å². The van der Waals surface area contributed by atoms with Crippen LogP contribution in [-0.4, -0.2) is 29.2 Å². The maximum Gasteiger partial charge on any atom is 0.162 e. The Morgan fingerprint density at radius 1 is 1.50 bits per heavy atom. The van der Waals surface area contributed by atoms with E-state index in [0.717, 1.165) is 6.42 Å². The van der Waals surface area contributed by atoms with E-state index >= 15 is 0 Å². The van der Waals surface area contributed by atoms with Gasteiger partial charge in [-0.25, -0.2) is 0 Å². The van der Waals surface area contributed by atoms with Crippen molar-refractivity contribution in [1.29, 1.82) is 0 Å². The number of aliphatic hydroxyl groups excluding tert-OH is 1. The quantitative estimate of drug-likeness (QED) is 0.558. The highest BCUT2D eigenvalue weighted by Gasteiger charge is 2.18. The number of rotatable bonds is 5. The topological polar surface area (TPSA) is 49.7 Å². The molecule has 0 saturated heterocycles. The van der Waals surface area contributed by atoms with Crippen molar-refractivity contribution in [3.05, 3.63) is 0 Å². The lowest BCUT2D eigenvalue weighted by atomic mass is 10.2. The van der Waals surface area contributed by atoms with E-state index in [1.54, 1.807) is 6.92 Å². The maximum atomic E-state index is 9.31. The highest BCUT2D eigenvalue weighted by atomic mass is 16.6. The number of ether oxygens (including phenoxy) is 1. The Morgan fingerprint density at radius 3 is 2.50 bits per heavy atom. The molecule has 0 aliphatic carbocycles. The molecule has 0 aliphatic heterocycles. The summed E-state index contributed by atoms with van der Waals surface area (Å²) in [6.07, 6.45) is 1.48. The van der Waals surface area contributed by atoms with Crippen LogP contribution in [0, 0.1) is 0 Å². The SMILES string of the molecule is CCCC(C)(O)OCCO. The molecule has 1 atom stereocenters. The second-order valence-electron chi connectivity index (χ2n) is 2.50. The van der Waals surface area contributed by atoms with Crippen LogP contribution in [-0.2, 0) is 4.74 Å². The smallest absolute Gasteiger partial charge is 0.162 e. The van der Waals surface area contributed by atoms with Crippen LogP contribution in [0.3, 0.4) is 0 Å². The van der Waals surface area contributed by atoms with Gasteiger partial charge in [0, 0.05) is 6.42 Å². The molecule has 3 nitrogen and oxygen atoms in total. The Balaban J connectivity index is 3.42. The molecule has 0 aromatic heterocycles. The third-order valence-electron chi connectivity index (χ3n) is 1.22. The fourth-order valence-corrected chi connectivity index (χ4v) is 0.802. The molecule has 0 spiro atoms. The fourth-order valence-electron chi connectivity index (χ4n) is 0.802. The van der Waals surface area contributed by atoms with Gasteiger partial charge < -0.3 is 14.9 Å². The van der Waals surface area contributed by atoms with Gasteiger partial charge in [-0.15, -0.1) is 0 Å². The van der Waals surface area contributed by atoms with Gasteiger partial charge >= 0.3 is 0 Å². The van der Waals surface area contributed by atoms with E-state index in [-0.39, 0.29) is 13.2 Å². The normalized spacial score (nSPS) is 16.8. The van der Waals surface area contributed by atoms with Gasteiger partial charge in [-0.05, 0) is 6.92 Å². The van der Waals surface area contributed by atoms with Crippen LogP contribution in [0.25, 0.3) is 0 Å². The molecule has 2 N–H and O–H groups in total. The molecule has 0 aliphatic rings. The van der Waals surface area contributed by atoms with Crippen molar-refractivity contribution < 1.29 is 14.9 Å². The molecule has 3 heteroatoms. The van der Waals surface area contributed by atoms with Gasteiger partial charge in [0.1, 0.15) is 0 Å². The average molecular weight is 148 g/mol. The third kappa shape index (κ3) is 4.73. The molecule has 0 amide bonds. The fraction of sp³-hybridized carbons (Fsp3) is 1.00. The van der Waals surface area contributed by atoms with Gasteiger partial charge in [-0.3, -0.25) is 0 Å². The van der Waals surface area contributed by atoms with Crippen molar-refractivity contribution in [1.82, 2.24) is 0 Å². The van der Waals surface area contributed by atoms with Crippen LogP contribution in [0.15, 0.2) is 0 Å². The lowest BCUT2D eigenvalue weighted by molar-refractivity contribution is -0.198. The molecule has 0 saturated carbocycles. The summed E-state index contributed by atoms with van der Waals surface area (Å²) >= 11 is 0. The van der Waals surface area contributed by atoms with Gasteiger partial charge in [-0.1, -0.05) is 13.3 Å². The van der Waals surface area contributed by atoms with E-state index in [1.807, 2.05) is 6.92 Å². The van der Waals surface area contributed by atoms with E-state index in [1.165, 1.54) is 0 Å². The summed E-state index contributed by atoms with van der Waals surface area (Å²) in [5, 5.41) is 17.7. The summed E-state index contributed by atoms with van der Waals surface area (Å²) < 4.78 is 4.92. The van der Waals surface area contributed by atoms with Gasteiger partial charge in [-0.2, -0.15) is 0 Å². The van der Waals surface area contributed by atoms with E-state index in [4.69, 9.17) is 9.84 Å². The lowest BCUT2D eigenvalue weighted by Crippen LogP contribution is -2.29. The van der Waals surface area contributed by atoms with E-state index in [2.05, 4.69) is 0 Å². The molecule has 1 unspecified atom stereocenters. The molecule has 10 heavy (non-hydrogen) atoms. The molecular formula is C7H16O3. The van der Waals surface area contributed by atoms with Crippen LogP contribution >= 0.6 is 0 Å². The van der Waals surface area contributed by atoms with Crippen molar-refractivity contribution >= 4 is 0 Å². The molecular weight excluding hydrogens is 132 g/mol. The first kappa shape index (κ1) is 9.88. The van der Waals surface area contributed by atoms with Crippen LogP contribution in [0.2, 0.25) is 0 Å². The van der Waals surface area contributed by atoms with E-state index in [9.17, 15) is 5.11 Å². The Morgan fingerprint density at radius 2 is 2.10 bits per heavy atom. The molecule has 62 valence electrons. The Bertz CT molecular complexity index is 80.9. The summed E-state index contributed by atoms with van der Waals surface area (Å²) in [5.74, 6) is -1.06. The molecule has 0 aromatic carbocycles. The first-order valence-corrected chi connectivity index (χ1v) is 3.59. The molecule has 0 radical (unpaired) electrons. The summed E-state index contributed by atoms with van der Waals surface area (Å²) in [7, 11) is 0. The van der Waals surface area contributed by atoms with E-state index in [0.29, 0.717) is 6.42 Å². The van der Waals surface area contributed by atoms with Crippen molar-refractivity contribution in [2.24, 2.45) is 0 Å².